The molecule has 110 valence electrons. The number of halogens is 1. The molecule has 1 atom stereocenters. The Balaban J connectivity index is 2.39. The molecule has 0 saturated carbocycles. The van der Waals surface area contributed by atoms with Gasteiger partial charge in [0.2, 0.25) is 0 Å². The van der Waals surface area contributed by atoms with E-state index in [0.717, 1.165) is 24.2 Å². The van der Waals surface area contributed by atoms with Crippen LogP contribution in [0.25, 0.3) is 0 Å². The Morgan fingerprint density at radius 3 is 2.70 bits per heavy atom. The maximum absolute atomic E-state index is 6.22. The Morgan fingerprint density at radius 2 is 2.15 bits per heavy atom. The molecular formula is C14H19ClN2O3. The Morgan fingerprint density at radius 1 is 1.35 bits per heavy atom. The summed E-state index contributed by atoms with van der Waals surface area (Å²) >= 11 is 6.22. The molecule has 0 amide bonds. The molecule has 1 aliphatic rings. The summed E-state index contributed by atoms with van der Waals surface area (Å²) in [6.07, 6.45) is 4.04. The molecule has 0 fully saturated rings. The summed E-state index contributed by atoms with van der Waals surface area (Å²) in [6, 6.07) is 3.38. The minimum absolute atomic E-state index is 0.257. The zero-order chi connectivity index (χ0) is 14.5. The first-order valence-corrected chi connectivity index (χ1v) is 6.79. The molecular weight excluding hydrogens is 280 g/mol. The van der Waals surface area contributed by atoms with Crippen molar-refractivity contribution in [1.29, 1.82) is 0 Å². The van der Waals surface area contributed by atoms with Crippen LogP contribution < -0.4 is 20.7 Å². The van der Waals surface area contributed by atoms with Crippen LogP contribution in [-0.2, 0) is 4.74 Å². The van der Waals surface area contributed by atoms with Crippen molar-refractivity contribution in [2.45, 2.75) is 18.9 Å². The van der Waals surface area contributed by atoms with Gasteiger partial charge in [0, 0.05) is 0 Å². The van der Waals surface area contributed by atoms with Crippen molar-refractivity contribution in [2.24, 2.45) is 5.84 Å². The van der Waals surface area contributed by atoms with Crippen LogP contribution in [0.5, 0.6) is 11.5 Å². The van der Waals surface area contributed by atoms with Gasteiger partial charge in [0.05, 0.1) is 25.8 Å². The summed E-state index contributed by atoms with van der Waals surface area (Å²) in [5.74, 6) is 7.54. The lowest BCUT2D eigenvalue weighted by Crippen LogP contribution is -2.31. The summed E-state index contributed by atoms with van der Waals surface area (Å²) in [5.41, 5.74) is 3.62. The fourth-order valence-corrected chi connectivity index (χ4v) is 2.52. The molecule has 20 heavy (non-hydrogen) atoms. The standard InChI is InChI=1S/C14H19ClN2O3/c1-18-12-8-9(7-10(15)14(12)19-2)13(17-16)11-5-3-4-6-20-11/h5,7-8,13,17H,3-4,6,16H2,1-2H3. The minimum atomic E-state index is -0.257. The largest absolute Gasteiger partial charge is 0.496 e. The number of benzene rings is 1. The Bertz CT molecular complexity index is 505. The van der Waals surface area contributed by atoms with Gasteiger partial charge in [-0.2, -0.15) is 0 Å². The van der Waals surface area contributed by atoms with Crippen molar-refractivity contribution in [3.8, 4) is 11.5 Å². The average molecular weight is 299 g/mol. The Kier molecular flexibility index (Phi) is 5.11. The summed E-state index contributed by atoms with van der Waals surface area (Å²) in [4.78, 5) is 0. The molecule has 0 aromatic heterocycles. The summed E-state index contributed by atoms with van der Waals surface area (Å²) < 4.78 is 16.2. The first-order chi connectivity index (χ1) is 9.71. The van der Waals surface area contributed by atoms with Gasteiger partial charge in [-0.15, -0.1) is 0 Å². The minimum Gasteiger partial charge on any atom is -0.496 e. The molecule has 1 aromatic carbocycles. The number of hydrogen-bond acceptors (Lipinski definition) is 5. The van der Waals surface area contributed by atoms with E-state index in [1.807, 2.05) is 12.1 Å². The van der Waals surface area contributed by atoms with Crippen LogP contribution in [0.1, 0.15) is 24.4 Å². The normalized spacial score (nSPS) is 16.1. The third kappa shape index (κ3) is 3.00. The molecule has 5 nitrogen and oxygen atoms in total. The summed E-state index contributed by atoms with van der Waals surface area (Å²) in [6.45, 7) is 0.699. The second-order valence-corrected chi connectivity index (χ2v) is 4.84. The highest BCUT2D eigenvalue weighted by Crippen LogP contribution is 2.39. The SMILES string of the molecule is COc1cc(C(NN)C2=CCCCO2)cc(Cl)c1OC. The smallest absolute Gasteiger partial charge is 0.179 e. The van der Waals surface area contributed by atoms with Crippen molar-refractivity contribution in [3.63, 3.8) is 0 Å². The van der Waals surface area contributed by atoms with E-state index in [1.54, 1.807) is 20.3 Å². The highest BCUT2D eigenvalue weighted by molar-refractivity contribution is 6.32. The van der Waals surface area contributed by atoms with Gasteiger partial charge >= 0.3 is 0 Å². The van der Waals surface area contributed by atoms with Crippen LogP contribution in [-0.4, -0.2) is 20.8 Å². The molecule has 1 unspecified atom stereocenters. The molecule has 2 rings (SSSR count). The van der Waals surface area contributed by atoms with E-state index >= 15 is 0 Å². The second kappa shape index (κ2) is 6.83. The average Bonchev–Trinajstić information content (AvgIpc) is 2.48. The lowest BCUT2D eigenvalue weighted by Gasteiger charge is -2.24. The van der Waals surface area contributed by atoms with Crippen LogP contribution in [0.4, 0.5) is 0 Å². The lowest BCUT2D eigenvalue weighted by atomic mass is 10.0. The van der Waals surface area contributed by atoms with E-state index < -0.39 is 0 Å². The van der Waals surface area contributed by atoms with E-state index in [9.17, 15) is 0 Å². The molecule has 0 aliphatic carbocycles. The number of rotatable bonds is 5. The fraction of sp³-hybridized carbons (Fsp3) is 0.429. The third-order valence-electron chi connectivity index (χ3n) is 3.20. The first kappa shape index (κ1) is 15.0. The van der Waals surface area contributed by atoms with Gasteiger partial charge in [0.15, 0.2) is 11.5 Å². The van der Waals surface area contributed by atoms with E-state index in [1.165, 1.54) is 0 Å². The van der Waals surface area contributed by atoms with Gasteiger partial charge in [-0.05, 0) is 36.6 Å². The van der Waals surface area contributed by atoms with Gasteiger partial charge < -0.3 is 14.2 Å². The van der Waals surface area contributed by atoms with Gasteiger partial charge in [0.1, 0.15) is 11.8 Å². The maximum atomic E-state index is 6.22. The molecule has 0 radical (unpaired) electrons. The van der Waals surface area contributed by atoms with Gasteiger partial charge in [-0.25, -0.2) is 5.43 Å². The van der Waals surface area contributed by atoms with E-state index in [4.69, 9.17) is 31.7 Å². The predicted octanol–water partition coefficient (Wildman–Crippen LogP) is 2.56. The number of allylic oxidation sites excluding steroid dienone is 1. The third-order valence-corrected chi connectivity index (χ3v) is 3.48. The highest BCUT2D eigenvalue weighted by Gasteiger charge is 2.22. The quantitative estimate of drug-likeness (QED) is 0.646. The van der Waals surface area contributed by atoms with Gasteiger partial charge in [-0.3, -0.25) is 5.84 Å². The predicted molar refractivity (Wildman–Crippen MR) is 77.9 cm³/mol. The van der Waals surface area contributed by atoms with Gasteiger partial charge in [-0.1, -0.05) is 11.6 Å². The van der Waals surface area contributed by atoms with Crippen LogP contribution in [0.15, 0.2) is 24.0 Å². The van der Waals surface area contributed by atoms with Crippen LogP contribution in [0.3, 0.4) is 0 Å². The summed E-state index contributed by atoms with van der Waals surface area (Å²) in [7, 11) is 3.12. The lowest BCUT2D eigenvalue weighted by molar-refractivity contribution is 0.168. The molecule has 0 spiro atoms. The molecule has 1 heterocycles. The Hall–Kier alpha value is -1.43. The highest BCUT2D eigenvalue weighted by atomic mass is 35.5. The van der Waals surface area contributed by atoms with Crippen molar-refractivity contribution in [1.82, 2.24) is 5.43 Å². The topological polar surface area (TPSA) is 65.7 Å². The molecule has 6 heteroatoms. The molecule has 1 aliphatic heterocycles. The van der Waals surface area contributed by atoms with Crippen molar-refractivity contribution in [3.05, 3.63) is 34.6 Å². The Labute approximate surface area is 123 Å². The zero-order valence-electron chi connectivity index (χ0n) is 11.6. The second-order valence-electron chi connectivity index (χ2n) is 4.44. The number of nitrogens with one attached hydrogen (secondary N) is 1. The molecule has 3 N–H and O–H groups in total. The molecule has 1 aromatic rings. The van der Waals surface area contributed by atoms with Crippen LogP contribution >= 0.6 is 11.6 Å². The van der Waals surface area contributed by atoms with Crippen LogP contribution in [0, 0.1) is 0 Å². The van der Waals surface area contributed by atoms with Crippen LogP contribution in [0.2, 0.25) is 5.02 Å². The number of nitrogens with two attached hydrogens (primary N) is 1. The number of ether oxygens (including phenoxy) is 3. The van der Waals surface area contributed by atoms with E-state index in [0.29, 0.717) is 23.1 Å². The monoisotopic (exact) mass is 298 g/mol. The van der Waals surface area contributed by atoms with E-state index in [2.05, 4.69) is 5.43 Å². The molecule has 0 saturated heterocycles. The summed E-state index contributed by atoms with van der Waals surface area (Å²) in [5, 5.41) is 0.471. The zero-order valence-corrected chi connectivity index (χ0v) is 12.4. The first-order valence-electron chi connectivity index (χ1n) is 6.41. The molecule has 0 bridgehead atoms. The van der Waals surface area contributed by atoms with E-state index in [-0.39, 0.29) is 6.04 Å². The number of hydrogen-bond donors (Lipinski definition) is 2. The number of hydrazine groups is 1. The fourth-order valence-electron chi connectivity index (χ4n) is 2.22. The van der Waals surface area contributed by atoms with Crippen molar-refractivity contribution in [2.75, 3.05) is 20.8 Å². The number of methoxy groups -OCH3 is 2. The maximum Gasteiger partial charge on any atom is 0.179 e. The van der Waals surface area contributed by atoms with Crippen molar-refractivity contribution < 1.29 is 14.2 Å². The van der Waals surface area contributed by atoms with Gasteiger partial charge in [0.25, 0.3) is 0 Å². The van der Waals surface area contributed by atoms with Crippen molar-refractivity contribution >= 4 is 11.6 Å².